The zero-order valence-corrected chi connectivity index (χ0v) is 21.8. The molecule has 178 valence electrons. The molecular weight excluding hydrogens is 430 g/mol. The minimum Gasteiger partial charge on any atom is -0.543 e. The van der Waals surface area contributed by atoms with Gasteiger partial charge in [-0.1, -0.05) is 45.0 Å². The van der Waals surface area contributed by atoms with E-state index in [0.29, 0.717) is 31.3 Å². The van der Waals surface area contributed by atoms with Crippen LogP contribution in [0.5, 0.6) is 5.75 Å². The number of aryl methyl sites for hydroxylation is 1. The van der Waals surface area contributed by atoms with E-state index in [0.717, 1.165) is 40.6 Å². The van der Waals surface area contributed by atoms with Crippen LogP contribution in [0.4, 0.5) is 0 Å². The van der Waals surface area contributed by atoms with Gasteiger partial charge in [-0.2, -0.15) is 0 Å². The van der Waals surface area contributed by atoms with Crippen LogP contribution in [-0.4, -0.2) is 27.3 Å². The summed E-state index contributed by atoms with van der Waals surface area (Å²) < 4.78 is 11.3. The number of hydrogen-bond donors (Lipinski definition) is 1. The molecule has 0 saturated carbocycles. The fourth-order valence-corrected chi connectivity index (χ4v) is 4.84. The highest BCUT2D eigenvalue weighted by atomic mass is 28.4. The molecule has 1 N–H and O–H groups in total. The van der Waals surface area contributed by atoms with Crippen molar-refractivity contribution in [3.63, 3.8) is 0 Å². The van der Waals surface area contributed by atoms with E-state index in [1.54, 1.807) is 0 Å². The van der Waals surface area contributed by atoms with Crippen LogP contribution in [0.2, 0.25) is 18.1 Å². The van der Waals surface area contributed by atoms with Crippen LogP contribution in [0.25, 0.3) is 10.8 Å². The Labute approximate surface area is 198 Å². The molecule has 6 heteroatoms. The number of rotatable bonds is 7. The lowest BCUT2D eigenvalue weighted by atomic mass is 9.96. The average Bonchev–Trinajstić information content (AvgIpc) is 2.76. The Morgan fingerprint density at radius 1 is 1.00 bits per heavy atom. The molecule has 3 rings (SSSR count). The summed E-state index contributed by atoms with van der Waals surface area (Å²) in [7, 11) is -0.499. The first-order chi connectivity index (χ1) is 15.5. The maximum Gasteiger partial charge on any atom is 0.335 e. The number of benzene rings is 2. The van der Waals surface area contributed by atoms with Gasteiger partial charge in [-0.3, -0.25) is 4.79 Å². The molecule has 0 radical (unpaired) electrons. The van der Waals surface area contributed by atoms with E-state index in [4.69, 9.17) is 9.16 Å². The number of allylic oxidation sites excluding steroid dienone is 1. The standard InChI is InChI=1S/C27H37NO4Si/c1-27(2,3)33(5,6)32-22-15-14-20-17-19(11-13-21(20)18-22)12-16-25(29)28-24-10-8-7-9-23(24)26(30)31-4/h11,13-15,17-18H,7-10,12,16H2,1-6H3,(H,28,29). The summed E-state index contributed by atoms with van der Waals surface area (Å²) >= 11 is 0. The predicted molar refractivity (Wildman–Crippen MR) is 136 cm³/mol. The lowest BCUT2D eigenvalue weighted by molar-refractivity contribution is -0.136. The summed E-state index contributed by atoms with van der Waals surface area (Å²) in [5.41, 5.74) is 2.45. The number of esters is 1. The van der Waals surface area contributed by atoms with Gasteiger partial charge in [-0.25, -0.2) is 4.79 Å². The predicted octanol–water partition coefficient (Wildman–Crippen LogP) is 6.27. The highest BCUT2D eigenvalue weighted by Gasteiger charge is 2.38. The lowest BCUT2D eigenvalue weighted by Gasteiger charge is -2.36. The molecule has 0 atom stereocenters. The third-order valence-electron chi connectivity index (χ3n) is 6.89. The summed E-state index contributed by atoms with van der Waals surface area (Å²) in [5, 5.41) is 5.38. The Kier molecular flexibility index (Phi) is 7.68. The fraction of sp³-hybridized carbons (Fsp3) is 0.481. The number of carbonyl (C=O) groups is 2. The van der Waals surface area contributed by atoms with Gasteiger partial charge < -0.3 is 14.5 Å². The Morgan fingerprint density at radius 3 is 2.36 bits per heavy atom. The van der Waals surface area contributed by atoms with E-state index in [-0.39, 0.29) is 16.9 Å². The number of hydrogen-bond acceptors (Lipinski definition) is 4. The molecule has 5 nitrogen and oxygen atoms in total. The quantitative estimate of drug-likeness (QED) is 0.385. The molecule has 2 aromatic rings. The minimum absolute atomic E-state index is 0.0634. The van der Waals surface area contributed by atoms with Gasteiger partial charge in [0.25, 0.3) is 0 Å². The Morgan fingerprint density at radius 2 is 1.67 bits per heavy atom. The van der Waals surface area contributed by atoms with Crippen LogP contribution in [0, 0.1) is 0 Å². The smallest absolute Gasteiger partial charge is 0.335 e. The number of methoxy groups -OCH3 is 1. The highest BCUT2D eigenvalue weighted by molar-refractivity contribution is 6.74. The molecule has 1 aliphatic carbocycles. The van der Waals surface area contributed by atoms with Crippen LogP contribution in [-0.2, 0) is 20.7 Å². The third-order valence-corrected chi connectivity index (χ3v) is 11.2. The number of carbonyl (C=O) groups excluding carboxylic acids is 2. The second-order valence-electron chi connectivity index (χ2n) is 10.4. The number of amides is 1. The van der Waals surface area contributed by atoms with Crippen LogP contribution in [0.15, 0.2) is 47.7 Å². The van der Waals surface area contributed by atoms with Crippen LogP contribution < -0.4 is 9.74 Å². The SMILES string of the molecule is COC(=O)C1=C(NC(=O)CCc2ccc3cc(O[Si](C)(C)C(C)(C)C)ccc3c2)CCCC1. The van der Waals surface area contributed by atoms with Gasteiger partial charge in [0.2, 0.25) is 14.2 Å². The van der Waals surface area contributed by atoms with Crippen LogP contribution in [0.1, 0.15) is 58.4 Å². The second kappa shape index (κ2) is 10.1. The van der Waals surface area contributed by atoms with Gasteiger partial charge in [0.05, 0.1) is 12.7 Å². The van der Waals surface area contributed by atoms with Gasteiger partial charge in [0, 0.05) is 12.1 Å². The summed E-state index contributed by atoms with van der Waals surface area (Å²) in [4.78, 5) is 24.5. The summed E-state index contributed by atoms with van der Waals surface area (Å²) in [6.45, 7) is 11.2. The third kappa shape index (κ3) is 6.25. The van der Waals surface area contributed by atoms with Crippen LogP contribution in [0.3, 0.4) is 0 Å². The zero-order chi connectivity index (χ0) is 24.2. The molecule has 0 saturated heterocycles. The van der Waals surface area contributed by atoms with E-state index in [1.165, 1.54) is 7.11 Å². The number of nitrogens with one attached hydrogen (secondary N) is 1. The summed E-state index contributed by atoms with van der Waals surface area (Å²) in [6.07, 6.45) is 4.31. The molecule has 0 unspecified atom stereocenters. The first-order valence-corrected chi connectivity index (χ1v) is 14.7. The summed E-state index contributed by atoms with van der Waals surface area (Å²) in [5.74, 6) is 0.520. The first kappa shape index (κ1) is 25.0. The first-order valence-electron chi connectivity index (χ1n) is 11.8. The molecule has 0 spiro atoms. The average molecular weight is 468 g/mol. The van der Waals surface area contributed by atoms with Crippen molar-refractivity contribution >= 4 is 31.0 Å². The van der Waals surface area contributed by atoms with Gasteiger partial charge in [-0.15, -0.1) is 0 Å². The molecule has 0 bridgehead atoms. The van der Waals surface area contributed by atoms with Gasteiger partial charge >= 0.3 is 5.97 Å². The highest BCUT2D eigenvalue weighted by Crippen LogP contribution is 2.38. The lowest BCUT2D eigenvalue weighted by Crippen LogP contribution is -2.43. The van der Waals surface area contributed by atoms with Crippen LogP contribution >= 0.6 is 0 Å². The number of fused-ring (bicyclic) bond motifs is 1. The Hall–Kier alpha value is -2.60. The van der Waals surface area contributed by atoms with Gasteiger partial charge in [0.1, 0.15) is 5.75 Å². The van der Waals surface area contributed by atoms with Crippen molar-refractivity contribution in [3.05, 3.63) is 53.2 Å². The van der Waals surface area contributed by atoms with E-state index in [9.17, 15) is 9.59 Å². The fourth-order valence-electron chi connectivity index (χ4n) is 3.82. The molecule has 0 heterocycles. The normalized spacial score (nSPS) is 14.8. The van der Waals surface area contributed by atoms with E-state index in [1.807, 2.05) is 6.07 Å². The maximum absolute atomic E-state index is 12.6. The largest absolute Gasteiger partial charge is 0.543 e. The molecule has 1 aliphatic rings. The molecule has 2 aromatic carbocycles. The molecule has 0 aliphatic heterocycles. The van der Waals surface area contributed by atoms with Crippen molar-refractivity contribution in [2.75, 3.05) is 7.11 Å². The molecule has 1 amide bonds. The van der Waals surface area contributed by atoms with E-state index >= 15 is 0 Å². The van der Waals surface area contributed by atoms with E-state index in [2.05, 4.69) is 69.5 Å². The molecule has 33 heavy (non-hydrogen) atoms. The molecule has 0 fully saturated rings. The molecule has 0 aromatic heterocycles. The van der Waals surface area contributed by atoms with Crippen molar-refractivity contribution in [3.8, 4) is 5.75 Å². The Balaban J connectivity index is 1.65. The van der Waals surface area contributed by atoms with Crippen molar-refractivity contribution in [2.45, 2.75) is 77.4 Å². The second-order valence-corrected chi connectivity index (χ2v) is 15.1. The van der Waals surface area contributed by atoms with Gasteiger partial charge in [-0.05, 0) is 78.7 Å². The monoisotopic (exact) mass is 467 g/mol. The van der Waals surface area contributed by atoms with Gasteiger partial charge in [0.15, 0.2) is 0 Å². The summed E-state index contributed by atoms with van der Waals surface area (Å²) in [6, 6.07) is 12.6. The van der Waals surface area contributed by atoms with Crippen molar-refractivity contribution in [1.29, 1.82) is 0 Å². The topological polar surface area (TPSA) is 64.6 Å². The Bertz CT molecular complexity index is 1070. The van der Waals surface area contributed by atoms with Crippen molar-refractivity contribution < 1.29 is 18.8 Å². The van der Waals surface area contributed by atoms with Crippen molar-refractivity contribution in [2.24, 2.45) is 0 Å². The zero-order valence-electron chi connectivity index (χ0n) is 20.8. The van der Waals surface area contributed by atoms with Crippen molar-refractivity contribution in [1.82, 2.24) is 5.32 Å². The maximum atomic E-state index is 12.6. The number of ether oxygens (including phenoxy) is 1. The minimum atomic E-state index is -1.88. The van der Waals surface area contributed by atoms with E-state index < -0.39 is 8.32 Å². The molecular formula is C27H37NO4Si.